The maximum Gasteiger partial charge on any atom is 0.416 e. The molecule has 7 heteroatoms. The van der Waals surface area contributed by atoms with Crippen LogP contribution in [0.2, 0.25) is 0 Å². The Morgan fingerprint density at radius 3 is 2.48 bits per heavy atom. The number of rotatable bonds is 4. The third kappa shape index (κ3) is 4.16. The number of ether oxygens (including phenoxy) is 1. The Morgan fingerprint density at radius 2 is 1.90 bits per heavy atom. The van der Waals surface area contributed by atoms with Crippen LogP contribution in [0, 0.1) is 0 Å². The average Bonchev–Trinajstić information content (AvgIpc) is 2.45. The molecule has 0 aliphatic heterocycles. The van der Waals surface area contributed by atoms with Crippen LogP contribution in [0.1, 0.15) is 12.5 Å². The maximum atomic E-state index is 12.7. The van der Waals surface area contributed by atoms with Gasteiger partial charge in [-0.3, -0.25) is 0 Å². The van der Waals surface area contributed by atoms with Gasteiger partial charge in [0.05, 0.1) is 18.0 Å². The molecule has 0 bridgehead atoms. The zero-order valence-electron chi connectivity index (χ0n) is 11.3. The molecule has 0 aliphatic rings. The minimum Gasteiger partial charge on any atom is -0.489 e. The van der Waals surface area contributed by atoms with Crippen LogP contribution >= 0.6 is 0 Å². The van der Waals surface area contributed by atoms with Crippen LogP contribution in [-0.2, 0) is 6.18 Å². The lowest BCUT2D eigenvalue weighted by Gasteiger charge is -2.09. The van der Waals surface area contributed by atoms with Gasteiger partial charge in [0.15, 0.2) is 11.6 Å². The van der Waals surface area contributed by atoms with Crippen molar-refractivity contribution >= 4 is 0 Å². The van der Waals surface area contributed by atoms with Gasteiger partial charge in [-0.2, -0.15) is 13.2 Å². The van der Waals surface area contributed by atoms with Crippen molar-refractivity contribution in [3.63, 3.8) is 0 Å². The van der Waals surface area contributed by atoms with Crippen molar-refractivity contribution in [3.05, 3.63) is 42.2 Å². The van der Waals surface area contributed by atoms with Gasteiger partial charge in [-0.05, 0) is 19.1 Å². The van der Waals surface area contributed by atoms with Crippen LogP contribution in [-0.4, -0.2) is 22.6 Å². The molecule has 0 saturated heterocycles. The van der Waals surface area contributed by atoms with Gasteiger partial charge in [-0.15, -0.1) is 0 Å². The van der Waals surface area contributed by atoms with Crippen LogP contribution in [0.3, 0.4) is 0 Å². The van der Waals surface area contributed by atoms with Crippen molar-refractivity contribution in [2.24, 2.45) is 5.73 Å². The number of hydrogen-bond acceptors (Lipinski definition) is 4. The first kappa shape index (κ1) is 15.2. The fourth-order valence-electron chi connectivity index (χ4n) is 1.60. The van der Waals surface area contributed by atoms with E-state index in [1.807, 2.05) is 0 Å². The largest absolute Gasteiger partial charge is 0.489 e. The SMILES string of the molecule is CC(N)COc1cnc(-c2cccc(C(F)(F)F)c2)nc1. The Balaban J connectivity index is 2.19. The predicted molar refractivity (Wildman–Crippen MR) is 71.6 cm³/mol. The smallest absolute Gasteiger partial charge is 0.416 e. The Hall–Kier alpha value is -2.15. The summed E-state index contributed by atoms with van der Waals surface area (Å²) in [5.41, 5.74) is 5.11. The van der Waals surface area contributed by atoms with Crippen LogP contribution in [0.5, 0.6) is 5.75 Å². The molecule has 1 heterocycles. The zero-order chi connectivity index (χ0) is 15.5. The summed E-state index contributed by atoms with van der Waals surface area (Å²) in [6, 6.07) is 4.73. The van der Waals surface area contributed by atoms with Crippen molar-refractivity contribution in [2.45, 2.75) is 19.1 Å². The highest BCUT2D eigenvalue weighted by molar-refractivity contribution is 5.56. The summed E-state index contributed by atoms with van der Waals surface area (Å²) >= 11 is 0. The summed E-state index contributed by atoms with van der Waals surface area (Å²) in [5, 5.41) is 0. The van der Waals surface area contributed by atoms with Crippen LogP contribution < -0.4 is 10.5 Å². The third-order valence-electron chi connectivity index (χ3n) is 2.59. The number of nitrogens with zero attached hydrogens (tertiary/aromatic N) is 2. The Kier molecular flexibility index (Phi) is 4.42. The second kappa shape index (κ2) is 6.09. The topological polar surface area (TPSA) is 61.0 Å². The molecule has 1 unspecified atom stereocenters. The first-order chi connectivity index (χ1) is 9.86. The van der Waals surface area contributed by atoms with Crippen molar-refractivity contribution in [1.29, 1.82) is 0 Å². The summed E-state index contributed by atoms with van der Waals surface area (Å²) in [7, 11) is 0. The molecule has 0 saturated carbocycles. The quantitative estimate of drug-likeness (QED) is 0.942. The van der Waals surface area contributed by atoms with E-state index >= 15 is 0 Å². The van der Waals surface area contributed by atoms with Gasteiger partial charge >= 0.3 is 6.18 Å². The van der Waals surface area contributed by atoms with E-state index in [4.69, 9.17) is 10.5 Å². The molecule has 2 rings (SSSR count). The van der Waals surface area contributed by atoms with Gasteiger partial charge in [0, 0.05) is 11.6 Å². The number of hydrogen-bond donors (Lipinski definition) is 1. The Morgan fingerprint density at radius 1 is 1.24 bits per heavy atom. The average molecular weight is 297 g/mol. The van der Waals surface area contributed by atoms with Crippen LogP contribution in [0.15, 0.2) is 36.7 Å². The predicted octanol–water partition coefficient (Wildman–Crippen LogP) is 2.89. The summed E-state index contributed by atoms with van der Waals surface area (Å²) < 4.78 is 43.3. The van der Waals surface area contributed by atoms with Gasteiger partial charge in [0.25, 0.3) is 0 Å². The molecule has 2 N–H and O–H groups in total. The summed E-state index contributed by atoms with van der Waals surface area (Å²) in [6.45, 7) is 2.10. The van der Waals surface area contributed by atoms with Gasteiger partial charge in [-0.1, -0.05) is 12.1 Å². The fourth-order valence-corrected chi connectivity index (χ4v) is 1.60. The van der Waals surface area contributed by atoms with E-state index < -0.39 is 11.7 Å². The molecule has 0 aliphatic carbocycles. The standard InChI is InChI=1S/C14H14F3N3O/c1-9(18)8-21-12-6-19-13(20-7-12)10-3-2-4-11(5-10)14(15,16)17/h2-7,9H,8,18H2,1H3. The van der Waals surface area contributed by atoms with E-state index in [-0.39, 0.29) is 11.9 Å². The van der Waals surface area contributed by atoms with Gasteiger partial charge in [-0.25, -0.2) is 9.97 Å². The Labute approximate surface area is 119 Å². The van der Waals surface area contributed by atoms with Crippen molar-refractivity contribution in [2.75, 3.05) is 6.61 Å². The molecule has 0 spiro atoms. The summed E-state index contributed by atoms with van der Waals surface area (Å²) in [4.78, 5) is 8.01. The molecule has 1 aromatic carbocycles. The molecule has 2 aromatic rings. The molecule has 0 radical (unpaired) electrons. The third-order valence-corrected chi connectivity index (χ3v) is 2.59. The number of aromatic nitrogens is 2. The minimum absolute atomic E-state index is 0.131. The lowest BCUT2D eigenvalue weighted by Crippen LogP contribution is -2.23. The van der Waals surface area contributed by atoms with Crippen molar-refractivity contribution < 1.29 is 17.9 Å². The fraction of sp³-hybridized carbons (Fsp3) is 0.286. The van der Waals surface area contributed by atoms with Gasteiger partial charge < -0.3 is 10.5 Å². The molecular weight excluding hydrogens is 283 g/mol. The summed E-state index contributed by atoms with van der Waals surface area (Å²) in [5.74, 6) is 0.622. The van der Waals surface area contributed by atoms with E-state index in [9.17, 15) is 13.2 Å². The first-order valence-corrected chi connectivity index (χ1v) is 6.24. The van der Waals surface area contributed by atoms with E-state index in [0.29, 0.717) is 17.9 Å². The minimum atomic E-state index is -4.39. The second-order valence-electron chi connectivity index (χ2n) is 4.61. The molecule has 0 fully saturated rings. The van der Waals surface area contributed by atoms with E-state index in [1.165, 1.54) is 24.5 Å². The monoisotopic (exact) mass is 297 g/mol. The number of halogens is 3. The maximum absolute atomic E-state index is 12.7. The van der Waals surface area contributed by atoms with Crippen LogP contribution in [0.4, 0.5) is 13.2 Å². The molecular formula is C14H14F3N3O. The zero-order valence-corrected chi connectivity index (χ0v) is 11.3. The normalized spacial score (nSPS) is 13.0. The summed E-state index contributed by atoms with van der Waals surface area (Å²) in [6.07, 6.45) is -1.58. The van der Waals surface area contributed by atoms with Crippen molar-refractivity contribution in [3.8, 4) is 17.1 Å². The molecule has 112 valence electrons. The molecule has 21 heavy (non-hydrogen) atoms. The van der Waals surface area contributed by atoms with Crippen LogP contribution in [0.25, 0.3) is 11.4 Å². The number of nitrogens with two attached hydrogens (primary N) is 1. The molecule has 1 atom stereocenters. The lowest BCUT2D eigenvalue weighted by atomic mass is 10.1. The van der Waals surface area contributed by atoms with E-state index in [1.54, 1.807) is 6.92 Å². The first-order valence-electron chi connectivity index (χ1n) is 6.24. The Bertz CT molecular complexity index is 597. The second-order valence-corrected chi connectivity index (χ2v) is 4.61. The highest BCUT2D eigenvalue weighted by atomic mass is 19.4. The molecule has 4 nitrogen and oxygen atoms in total. The highest BCUT2D eigenvalue weighted by Crippen LogP contribution is 2.31. The molecule has 0 amide bonds. The lowest BCUT2D eigenvalue weighted by molar-refractivity contribution is -0.137. The van der Waals surface area contributed by atoms with Crippen molar-refractivity contribution in [1.82, 2.24) is 9.97 Å². The number of alkyl halides is 3. The van der Waals surface area contributed by atoms with Gasteiger partial charge in [0.1, 0.15) is 6.61 Å². The molecule has 1 aromatic heterocycles. The van der Waals surface area contributed by atoms with Gasteiger partial charge in [0.2, 0.25) is 0 Å². The number of benzene rings is 1. The van der Waals surface area contributed by atoms with E-state index in [0.717, 1.165) is 12.1 Å². The highest BCUT2D eigenvalue weighted by Gasteiger charge is 2.30. The van der Waals surface area contributed by atoms with E-state index in [2.05, 4.69) is 9.97 Å².